The Morgan fingerprint density at radius 3 is 2.60 bits per heavy atom. The van der Waals surface area contributed by atoms with Crippen LogP contribution in [0.3, 0.4) is 0 Å². The molecule has 0 atom stereocenters. The standard InChI is InChI=1S/C12H12N2O/c1-9-7-12(15-2)11(8-14-9)10-3-5-13-6-4-10/h3-8H,1-2H3. The summed E-state index contributed by atoms with van der Waals surface area (Å²) in [7, 11) is 1.67. The first kappa shape index (κ1) is 9.65. The van der Waals surface area contributed by atoms with Crippen LogP contribution in [-0.2, 0) is 0 Å². The molecule has 2 heterocycles. The highest BCUT2D eigenvalue weighted by atomic mass is 16.5. The summed E-state index contributed by atoms with van der Waals surface area (Å²) >= 11 is 0. The second kappa shape index (κ2) is 4.09. The first-order valence-electron chi connectivity index (χ1n) is 4.72. The second-order valence-corrected chi connectivity index (χ2v) is 3.26. The van der Waals surface area contributed by atoms with Crippen molar-refractivity contribution in [1.82, 2.24) is 9.97 Å². The highest BCUT2D eigenvalue weighted by molar-refractivity contribution is 5.69. The van der Waals surface area contributed by atoms with Gasteiger partial charge in [0.05, 0.1) is 7.11 Å². The van der Waals surface area contributed by atoms with Gasteiger partial charge in [-0.15, -0.1) is 0 Å². The maximum absolute atomic E-state index is 5.32. The van der Waals surface area contributed by atoms with E-state index in [0.29, 0.717) is 0 Å². The van der Waals surface area contributed by atoms with Gasteiger partial charge in [-0.1, -0.05) is 0 Å². The molecule has 0 saturated carbocycles. The topological polar surface area (TPSA) is 35.0 Å². The van der Waals surface area contributed by atoms with E-state index < -0.39 is 0 Å². The SMILES string of the molecule is COc1cc(C)ncc1-c1ccncc1. The third-order valence-electron chi connectivity index (χ3n) is 2.21. The van der Waals surface area contributed by atoms with Crippen LogP contribution in [0.2, 0.25) is 0 Å². The highest BCUT2D eigenvalue weighted by Gasteiger charge is 2.05. The minimum absolute atomic E-state index is 0.841. The van der Waals surface area contributed by atoms with Crippen LogP contribution in [0.1, 0.15) is 5.69 Å². The van der Waals surface area contributed by atoms with Gasteiger partial charge in [0.25, 0.3) is 0 Å². The van der Waals surface area contributed by atoms with E-state index >= 15 is 0 Å². The molecule has 0 aliphatic carbocycles. The van der Waals surface area contributed by atoms with E-state index in [4.69, 9.17) is 4.74 Å². The number of hydrogen-bond acceptors (Lipinski definition) is 3. The van der Waals surface area contributed by atoms with Gasteiger partial charge in [-0.2, -0.15) is 0 Å². The smallest absolute Gasteiger partial charge is 0.130 e. The van der Waals surface area contributed by atoms with Crippen molar-refractivity contribution in [3.8, 4) is 16.9 Å². The van der Waals surface area contributed by atoms with Crippen molar-refractivity contribution in [1.29, 1.82) is 0 Å². The zero-order chi connectivity index (χ0) is 10.7. The first-order chi connectivity index (χ1) is 7.31. The van der Waals surface area contributed by atoms with Crippen LogP contribution in [0.25, 0.3) is 11.1 Å². The summed E-state index contributed by atoms with van der Waals surface area (Å²) in [4.78, 5) is 8.25. The Morgan fingerprint density at radius 2 is 1.93 bits per heavy atom. The molecule has 0 aliphatic heterocycles. The first-order valence-corrected chi connectivity index (χ1v) is 4.72. The Kier molecular flexibility index (Phi) is 2.63. The van der Waals surface area contributed by atoms with Crippen LogP contribution < -0.4 is 4.74 Å². The summed E-state index contributed by atoms with van der Waals surface area (Å²) in [5, 5.41) is 0. The highest BCUT2D eigenvalue weighted by Crippen LogP contribution is 2.28. The Bertz CT molecular complexity index is 454. The van der Waals surface area contributed by atoms with Crippen LogP contribution in [0.5, 0.6) is 5.75 Å². The fraction of sp³-hybridized carbons (Fsp3) is 0.167. The molecule has 2 rings (SSSR count). The molecule has 0 spiro atoms. The van der Waals surface area contributed by atoms with E-state index in [-0.39, 0.29) is 0 Å². The average Bonchev–Trinajstić information content (AvgIpc) is 2.30. The van der Waals surface area contributed by atoms with Crippen molar-refractivity contribution in [2.45, 2.75) is 6.92 Å². The number of aryl methyl sites for hydroxylation is 1. The molecule has 0 N–H and O–H groups in total. The number of hydrogen-bond donors (Lipinski definition) is 0. The summed E-state index contributed by atoms with van der Waals surface area (Å²) in [6.45, 7) is 1.94. The predicted octanol–water partition coefficient (Wildman–Crippen LogP) is 2.46. The molecular formula is C12H12N2O. The van der Waals surface area contributed by atoms with E-state index in [1.807, 2.05) is 31.3 Å². The molecule has 0 aliphatic rings. The lowest BCUT2D eigenvalue weighted by Crippen LogP contribution is -1.91. The molecule has 3 heteroatoms. The number of pyridine rings is 2. The fourth-order valence-electron chi connectivity index (χ4n) is 1.45. The summed E-state index contributed by atoms with van der Waals surface area (Å²) in [5.41, 5.74) is 3.00. The zero-order valence-corrected chi connectivity index (χ0v) is 8.77. The molecule has 15 heavy (non-hydrogen) atoms. The van der Waals surface area contributed by atoms with Gasteiger partial charge in [-0.05, 0) is 24.6 Å². The van der Waals surface area contributed by atoms with Gasteiger partial charge in [0.1, 0.15) is 5.75 Å². The van der Waals surface area contributed by atoms with Crippen molar-refractivity contribution in [2.75, 3.05) is 7.11 Å². The third-order valence-corrected chi connectivity index (χ3v) is 2.21. The van der Waals surface area contributed by atoms with Crippen LogP contribution >= 0.6 is 0 Å². The minimum atomic E-state index is 0.841. The van der Waals surface area contributed by atoms with Crippen LogP contribution in [0.15, 0.2) is 36.8 Å². The van der Waals surface area contributed by atoms with Crippen LogP contribution in [-0.4, -0.2) is 17.1 Å². The largest absolute Gasteiger partial charge is 0.496 e. The molecular weight excluding hydrogens is 188 g/mol. The summed E-state index contributed by atoms with van der Waals surface area (Å²) in [6, 6.07) is 5.81. The van der Waals surface area contributed by atoms with Crippen molar-refractivity contribution in [3.05, 3.63) is 42.5 Å². The molecule has 0 saturated heterocycles. The normalized spacial score (nSPS) is 10.0. The molecule has 0 bridgehead atoms. The van der Waals surface area contributed by atoms with Crippen LogP contribution in [0, 0.1) is 6.92 Å². The summed E-state index contributed by atoms with van der Waals surface area (Å²) in [6.07, 6.45) is 5.34. The average molecular weight is 200 g/mol. The molecule has 76 valence electrons. The number of rotatable bonds is 2. The van der Waals surface area contributed by atoms with Gasteiger partial charge in [-0.3, -0.25) is 9.97 Å². The van der Waals surface area contributed by atoms with Gasteiger partial charge < -0.3 is 4.74 Å². The van der Waals surface area contributed by atoms with Gasteiger partial charge >= 0.3 is 0 Å². The minimum Gasteiger partial charge on any atom is -0.496 e. The molecule has 0 unspecified atom stereocenters. The van der Waals surface area contributed by atoms with Gasteiger partial charge in [0, 0.05) is 35.9 Å². The molecule has 2 aromatic heterocycles. The number of ether oxygens (including phenoxy) is 1. The Morgan fingerprint density at radius 1 is 1.20 bits per heavy atom. The Hall–Kier alpha value is -1.90. The third kappa shape index (κ3) is 1.96. The number of methoxy groups -OCH3 is 1. The quantitative estimate of drug-likeness (QED) is 0.747. The number of aromatic nitrogens is 2. The Balaban J connectivity index is 2.53. The van der Waals surface area contributed by atoms with E-state index in [2.05, 4.69) is 9.97 Å². The molecule has 0 fully saturated rings. The molecule has 3 nitrogen and oxygen atoms in total. The molecule has 0 radical (unpaired) electrons. The van der Waals surface area contributed by atoms with E-state index in [9.17, 15) is 0 Å². The summed E-state index contributed by atoms with van der Waals surface area (Å²) in [5.74, 6) is 0.841. The monoisotopic (exact) mass is 200 g/mol. The fourth-order valence-corrected chi connectivity index (χ4v) is 1.45. The molecule has 0 aromatic carbocycles. The maximum atomic E-state index is 5.32. The lowest BCUT2D eigenvalue weighted by atomic mass is 10.1. The maximum Gasteiger partial charge on any atom is 0.130 e. The lowest BCUT2D eigenvalue weighted by Gasteiger charge is -2.08. The van der Waals surface area contributed by atoms with Crippen molar-refractivity contribution < 1.29 is 4.74 Å². The summed E-state index contributed by atoms with van der Waals surface area (Å²) < 4.78 is 5.32. The van der Waals surface area contributed by atoms with Crippen LogP contribution in [0.4, 0.5) is 0 Å². The second-order valence-electron chi connectivity index (χ2n) is 3.26. The number of nitrogens with zero attached hydrogens (tertiary/aromatic N) is 2. The lowest BCUT2D eigenvalue weighted by molar-refractivity contribution is 0.415. The predicted molar refractivity (Wildman–Crippen MR) is 58.8 cm³/mol. The van der Waals surface area contributed by atoms with E-state index in [1.165, 1.54) is 0 Å². The van der Waals surface area contributed by atoms with Gasteiger partial charge in [0.15, 0.2) is 0 Å². The van der Waals surface area contributed by atoms with Crippen molar-refractivity contribution >= 4 is 0 Å². The van der Waals surface area contributed by atoms with E-state index in [1.54, 1.807) is 19.5 Å². The zero-order valence-electron chi connectivity index (χ0n) is 8.77. The van der Waals surface area contributed by atoms with Crippen molar-refractivity contribution in [2.24, 2.45) is 0 Å². The van der Waals surface area contributed by atoms with Gasteiger partial charge in [-0.25, -0.2) is 0 Å². The van der Waals surface area contributed by atoms with Gasteiger partial charge in [0.2, 0.25) is 0 Å². The Labute approximate surface area is 88.8 Å². The van der Waals surface area contributed by atoms with Crippen molar-refractivity contribution in [3.63, 3.8) is 0 Å². The van der Waals surface area contributed by atoms with E-state index in [0.717, 1.165) is 22.6 Å². The molecule has 0 amide bonds. The molecule has 2 aromatic rings.